The second kappa shape index (κ2) is 5.60. The highest BCUT2D eigenvalue weighted by atomic mass is 16.6. The molecule has 0 radical (unpaired) electrons. The maximum Gasteiger partial charge on any atom is 0.410 e. The second-order valence-electron chi connectivity index (χ2n) is 4.39. The third-order valence-electron chi connectivity index (χ3n) is 3.03. The molecule has 1 heterocycles. The molecular weight excluding hydrogens is 250 g/mol. The number of carboxylic acids is 1. The van der Waals surface area contributed by atoms with E-state index in [-0.39, 0.29) is 12.2 Å². The Hall–Kier alpha value is -2.24. The van der Waals surface area contributed by atoms with Crippen LogP contribution in [-0.4, -0.2) is 46.4 Å². The summed E-state index contributed by atoms with van der Waals surface area (Å²) in [7, 11) is 0. The number of hydrogen-bond donors (Lipinski definition) is 2. The monoisotopic (exact) mass is 265 g/mol. The number of ether oxygens (including phenoxy) is 1. The Labute approximate surface area is 110 Å². The van der Waals surface area contributed by atoms with Crippen LogP contribution < -0.4 is 0 Å². The van der Waals surface area contributed by atoms with Crippen LogP contribution in [0.4, 0.5) is 4.79 Å². The molecule has 2 N–H and O–H groups in total. The molecule has 0 saturated carbocycles. The Bertz CT molecular complexity index is 470. The van der Waals surface area contributed by atoms with Gasteiger partial charge in [-0.25, -0.2) is 9.59 Å². The van der Waals surface area contributed by atoms with Crippen LogP contribution in [0.25, 0.3) is 0 Å². The van der Waals surface area contributed by atoms with Gasteiger partial charge in [-0.3, -0.25) is 4.90 Å². The smallest absolute Gasteiger partial charge is 0.410 e. The molecule has 0 aliphatic carbocycles. The lowest BCUT2D eigenvalue weighted by molar-refractivity contribution is -0.143. The van der Waals surface area contributed by atoms with Crippen LogP contribution >= 0.6 is 0 Å². The zero-order valence-corrected chi connectivity index (χ0v) is 10.3. The lowest BCUT2D eigenvalue weighted by Gasteiger charge is -2.31. The lowest BCUT2D eigenvalue weighted by Crippen LogP contribution is -2.49. The average molecular weight is 265 g/mol. The van der Waals surface area contributed by atoms with Crippen LogP contribution in [0, 0.1) is 0 Å². The van der Waals surface area contributed by atoms with E-state index in [0.717, 1.165) is 5.56 Å². The van der Waals surface area contributed by atoms with Crippen molar-refractivity contribution in [3.8, 4) is 5.75 Å². The summed E-state index contributed by atoms with van der Waals surface area (Å²) < 4.78 is 4.86. The van der Waals surface area contributed by atoms with Gasteiger partial charge in [0.05, 0.1) is 6.61 Å². The Morgan fingerprint density at radius 1 is 1.37 bits per heavy atom. The third kappa shape index (κ3) is 3.15. The van der Waals surface area contributed by atoms with E-state index in [1.54, 1.807) is 12.1 Å². The van der Waals surface area contributed by atoms with Gasteiger partial charge in [0, 0.05) is 13.0 Å². The molecular formula is C13H15NO5. The molecule has 0 bridgehead atoms. The predicted octanol–water partition coefficient (Wildman–Crippen LogP) is 1.23. The Morgan fingerprint density at radius 3 is 2.63 bits per heavy atom. The molecule has 2 rings (SSSR count). The number of rotatable bonds is 4. The van der Waals surface area contributed by atoms with E-state index in [1.807, 2.05) is 0 Å². The first kappa shape index (κ1) is 13.2. The van der Waals surface area contributed by atoms with E-state index in [4.69, 9.17) is 4.74 Å². The highest BCUT2D eigenvalue weighted by Gasteiger charge is 2.32. The van der Waals surface area contributed by atoms with E-state index in [2.05, 4.69) is 0 Å². The van der Waals surface area contributed by atoms with Crippen molar-refractivity contribution >= 4 is 12.1 Å². The van der Waals surface area contributed by atoms with Gasteiger partial charge in [0.25, 0.3) is 0 Å². The Balaban J connectivity index is 2.13. The molecule has 1 aromatic carbocycles. The number of carbonyl (C=O) groups excluding carboxylic acids is 1. The number of amides is 1. The summed E-state index contributed by atoms with van der Waals surface area (Å²) in [5, 5.41) is 18.5. The van der Waals surface area contributed by atoms with Crippen molar-refractivity contribution in [3.05, 3.63) is 29.8 Å². The first-order valence-corrected chi connectivity index (χ1v) is 6.02. The van der Waals surface area contributed by atoms with Gasteiger partial charge in [-0.05, 0) is 24.1 Å². The average Bonchev–Trinajstić information content (AvgIpc) is 2.39. The highest BCUT2D eigenvalue weighted by Crippen LogP contribution is 2.16. The van der Waals surface area contributed by atoms with Crippen LogP contribution in [0.1, 0.15) is 12.0 Å². The number of aromatic hydroxyl groups is 1. The maximum atomic E-state index is 11.6. The SMILES string of the molecule is O=C(O)C(Cc1ccc(O)cc1)N1CCCOC1=O. The summed E-state index contributed by atoms with van der Waals surface area (Å²) >= 11 is 0. The molecule has 102 valence electrons. The molecule has 0 spiro atoms. The molecule has 1 saturated heterocycles. The molecule has 1 aliphatic rings. The highest BCUT2D eigenvalue weighted by molar-refractivity contribution is 5.80. The number of hydrogen-bond acceptors (Lipinski definition) is 4. The lowest BCUT2D eigenvalue weighted by atomic mass is 10.0. The van der Waals surface area contributed by atoms with Crippen LogP contribution in [0.2, 0.25) is 0 Å². The summed E-state index contributed by atoms with van der Waals surface area (Å²) in [6, 6.07) is 5.31. The van der Waals surface area contributed by atoms with E-state index < -0.39 is 18.1 Å². The molecule has 6 nitrogen and oxygen atoms in total. The summed E-state index contributed by atoms with van der Waals surface area (Å²) in [5.74, 6) is -0.945. The van der Waals surface area contributed by atoms with Crippen molar-refractivity contribution in [2.75, 3.05) is 13.2 Å². The molecule has 1 fully saturated rings. The van der Waals surface area contributed by atoms with Crippen molar-refractivity contribution in [2.45, 2.75) is 18.9 Å². The topological polar surface area (TPSA) is 87.1 Å². The number of carbonyl (C=O) groups is 2. The number of phenolic OH excluding ortho intramolecular Hbond substituents is 1. The van der Waals surface area contributed by atoms with E-state index in [0.29, 0.717) is 19.6 Å². The number of cyclic esters (lactones) is 1. The van der Waals surface area contributed by atoms with Crippen molar-refractivity contribution in [1.29, 1.82) is 0 Å². The van der Waals surface area contributed by atoms with Crippen molar-refractivity contribution < 1.29 is 24.5 Å². The number of phenols is 1. The van der Waals surface area contributed by atoms with Crippen molar-refractivity contribution in [3.63, 3.8) is 0 Å². The summed E-state index contributed by atoms with van der Waals surface area (Å²) in [6.45, 7) is 0.717. The number of benzene rings is 1. The number of nitrogens with zero attached hydrogens (tertiary/aromatic N) is 1. The van der Waals surface area contributed by atoms with Gasteiger partial charge in [0.15, 0.2) is 0 Å². The summed E-state index contributed by atoms with van der Waals surface area (Å²) in [4.78, 5) is 24.1. The molecule has 1 aromatic rings. The zero-order valence-electron chi connectivity index (χ0n) is 10.3. The van der Waals surface area contributed by atoms with Gasteiger partial charge in [0.1, 0.15) is 11.8 Å². The van der Waals surface area contributed by atoms with Gasteiger partial charge in [0.2, 0.25) is 0 Å². The number of carboxylic acid groups (broad SMARTS) is 1. The minimum atomic E-state index is -1.06. The fourth-order valence-corrected chi connectivity index (χ4v) is 2.04. The van der Waals surface area contributed by atoms with Crippen LogP contribution in [-0.2, 0) is 16.0 Å². The molecule has 1 unspecified atom stereocenters. The quantitative estimate of drug-likeness (QED) is 0.855. The maximum absolute atomic E-state index is 11.6. The second-order valence-corrected chi connectivity index (χ2v) is 4.39. The van der Waals surface area contributed by atoms with Gasteiger partial charge in [-0.2, -0.15) is 0 Å². The largest absolute Gasteiger partial charge is 0.508 e. The normalized spacial score (nSPS) is 16.8. The van der Waals surface area contributed by atoms with Crippen LogP contribution in [0.5, 0.6) is 5.75 Å². The summed E-state index contributed by atoms with van der Waals surface area (Å²) in [6.07, 6.45) is 0.230. The molecule has 1 atom stereocenters. The first-order valence-electron chi connectivity index (χ1n) is 6.02. The molecule has 0 aromatic heterocycles. The zero-order chi connectivity index (χ0) is 13.8. The fourth-order valence-electron chi connectivity index (χ4n) is 2.04. The van der Waals surface area contributed by atoms with E-state index in [9.17, 15) is 19.8 Å². The number of aliphatic carboxylic acids is 1. The fraction of sp³-hybridized carbons (Fsp3) is 0.385. The van der Waals surface area contributed by atoms with Gasteiger partial charge in [-0.15, -0.1) is 0 Å². The minimum Gasteiger partial charge on any atom is -0.508 e. The standard InChI is InChI=1S/C13H15NO5/c15-10-4-2-9(3-5-10)8-11(12(16)17)14-6-1-7-19-13(14)18/h2-5,11,15H,1,6-8H2,(H,16,17). The van der Waals surface area contributed by atoms with Gasteiger partial charge < -0.3 is 14.9 Å². The van der Waals surface area contributed by atoms with E-state index >= 15 is 0 Å². The first-order chi connectivity index (χ1) is 9.08. The molecule has 6 heteroatoms. The predicted molar refractivity (Wildman–Crippen MR) is 65.9 cm³/mol. The Morgan fingerprint density at radius 2 is 2.05 bits per heavy atom. The minimum absolute atomic E-state index is 0.119. The molecule has 19 heavy (non-hydrogen) atoms. The van der Waals surface area contributed by atoms with Crippen LogP contribution in [0.3, 0.4) is 0 Å². The Kier molecular flexibility index (Phi) is 3.89. The third-order valence-corrected chi connectivity index (χ3v) is 3.03. The van der Waals surface area contributed by atoms with Crippen LogP contribution in [0.15, 0.2) is 24.3 Å². The summed E-state index contributed by atoms with van der Waals surface area (Å²) in [5.41, 5.74) is 0.739. The van der Waals surface area contributed by atoms with Crippen molar-refractivity contribution in [2.24, 2.45) is 0 Å². The van der Waals surface area contributed by atoms with Crippen molar-refractivity contribution in [1.82, 2.24) is 4.90 Å². The molecule has 1 amide bonds. The molecule has 1 aliphatic heterocycles. The van der Waals surface area contributed by atoms with Gasteiger partial charge >= 0.3 is 12.1 Å². The van der Waals surface area contributed by atoms with Gasteiger partial charge in [-0.1, -0.05) is 12.1 Å². The van der Waals surface area contributed by atoms with E-state index in [1.165, 1.54) is 17.0 Å².